The summed E-state index contributed by atoms with van der Waals surface area (Å²) in [7, 11) is 0. The van der Waals surface area contributed by atoms with E-state index in [0.29, 0.717) is 12.2 Å². The number of hydrogen-bond donors (Lipinski definition) is 0. The van der Waals surface area contributed by atoms with Crippen molar-refractivity contribution in [1.29, 1.82) is 0 Å². The minimum atomic E-state index is 0.386. The van der Waals surface area contributed by atoms with Gasteiger partial charge in [-0.15, -0.1) is 0 Å². The Kier molecular flexibility index (Phi) is 5.09. The summed E-state index contributed by atoms with van der Waals surface area (Å²) < 4.78 is 0. The van der Waals surface area contributed by atoms with E-state index >= 15 is 0 Å². The second-order valence-electron chi connectivity index (χ2n) is 3.96. The molecule has 82 valence electrons. The van der Waals surface area contributed by atoms with Crippen LogP contribution in [-0.2, 0) is 17.6 Å². The first kappa shape index (κ1) is 12.0. The van der Waals surface area contributed by atoms with Gasteiger partial charge >= 0.3 is 0 Å². The maximum atomic E-state index is 11.3. The Morgan fingerprint density at radius 3 is 2.13 bits per heavy atom. The van der Waals surface area contributed by atoms with Gasteiger partial charge in [0.05, 0.1) is 0 Å². The van der Waals surface area contributed by atoms with Crippen LogP contribution in [0.4, 0.5) is 0 Å². The first-order valence-corrected chi connectivity index (χ1v) is 5.85. The molecule has 1 nitrogen and oxygen atoms in total. The van der Waals surface area contributed by atoms with Gasteiger partial charge in [-0.2, -0.15) is 0 Å². The number of carbonyl (C=O) groups is 1. The van der Waals surface area contributed by atoms with Crippen LogP contribution in [0.5, 0.6) is 0 Å². The molecule has 0 radical (unpaired) electrons. The normalized spacial score (nSPS) is 10.3. The molecular formula is C14H20O. The summed E-state index contributed by atoms with van der Waals surface area (Å²) in [6.07, 6.45) is 4.36. The highest BCUT2D eigenvalue weighted by Gasteiger charge is 2.01. The predicted octanol–water partition coefficient (Wildman–Crippen LogP) is 3.55. The maximum absolute atomic E-state index is 11.3. The van der Waals surface area contributed by atoms with Crippen LogP contribution in [0.15, 0.2) is 24.3 Å². The second-order valence-corrected chi connectivity index (χ2v) is 3.96. The Hall–Kier alpha value is -1.11. The van der Waals surface area contributed by atoms with Crippen LogP contribution in [0, 0.1) is 0 Å². The Morgan fingerprint density at radius 2 is 1.60 bits per heavy atom. The fraction of sp³-hybridized carbons (Fsp3) is 0.500. The molecule has 0 amide bonds. The Morgan fingerprint density at radius 1 is 1.00 bits per heavy atom. The van der Waals surface area contributed by atoms with Gasteiger partial charge in [-0.25, -0.2) is 0 Å². The highest BCUT2D eigenvalue weighted by Crippen LogP contribution is 2.08. The summed E-state index contributed by atoms with van der Waals surface area (Å²) >= 11 is 0. The third kappa shape index (κ3) is 4.28. The Labute approximate surface area is 92.5 Å². The van der Waals surface area contributed by atoms with Gasteiger partial charge in [0.1, 0.15) is 5.78 Å². The van der Waals surface area contributed by atoms with Crippen LogP contribution in [0.1, 0.15) is 44.2 Å². The highest BCUT2D eigenvalue weighted by atomic mass is 16.1. The van der Waals surface area contributed by atoms with E-state index in [9.17, 15) is 4.79 Å². The minimum absolute atomic E-state index is 0.386. The van der Waals surface area contributed by atoms with Crippen molar-refractivity contribution in [2.45, 2.75) is 46.0 Å². The van der Waals surface area contributed by atoms with Gasteiger partial charge in [0.2, 0.25) is 0 Å². The molecule has 0 heterocycles. The van der Waals surface area contributed by atoms with E-state index in [1.807, 2.05) is 6.92 Å². The lowest BCUT2D eigenvalue weighted by Crippen LogP contribution is -1.99. The van der Waals surface area contributed by atoms with Gasteiger partial charge in [0.25, 0.3) is 0 Å². The molecule has 1 aromatic rings. The standard InChI is InChI=1S/C14H20O/c1-3-5-14(15)11-10-13-8-6-12(4-2)7-9-13/h6-9H,3-5,10-11H2,1-2H3. The van der Waals surface area contributed by atoms with Crippen molar-refractivity contribution < 1.29 is 4.79 Å². The molecule has 0 spiro atoms. The van der Waals surface area contributed by atoms with E-state index in [-0.39, 0.29) is 0 Å². The zero-order valence-corrected chi connectivity index (χ0v) is 9.75. The lowest BCUT2D eigenvalue weighted by molar-refractivity contribution is -0.119. The van der Waals surface area contributed by atoms with Gasteiger partial charge in [-0.05, 0) is 30.4 Å². The van der Waals surface area contributed by atoms with Crippen molar-refractivity contribution in [3.8, 4) is 0 Å². The quantitative estimate of drug-likeness (QED) is 0.692. The van der Waals surface area contributed by atoms with Crippen LogP contribution in [0.2, 0.25) is 0 Å². The molecule has 0 bridgehead atoms. The molecule has 0 N–H and O–H groups in total. The smallest absolute Gasteiger partial charge is 0.133 e. The fourth-order valence-electron chi connectivity index (χ4n) is 1.63. The molecule has 0 unspecified atom stereocenters. The van der Waals surface area contributed by atoms with Crippen LogP contribution in [0.3, 0.4) is 0 Å². The Bertz CT molecular complexity index is 298. The van der Waals surface area contributed by atoms with Gasteiger partial charge in [0, 0.05) is 12.8 Å². The van der Waals surface area contributed by atoms with Crippen LogP contribution in [0.25, 0.3) is 0 Å². The largest absolute Gasteiger partial charge is 0.300 e. The molecule has 0 aliphatic carbocycles. The highest BCUT2D eigenvalue weighted by molar-refractivity contribution is 5.78. The van der Waals surface area contributed by atoms with Crippen molar-refractivity contribution in [2.24, 2.45) is 0 Å². The number of carbonyl (C=O) groups excluding carboxylic acids is 1. The molecule has 0 saturated heterocycles. The average molecular weight is 204 g/mol. The van der Waals surface area contributed by atoms with Gasteiger partial charge in [-0.1, -0.05) is 38.1 Å². The third-order valence-corrected chi connectivity index (χ3v) is 2.65. The maximum Gasteiger partial charge on any atom is 0.133 e. The number of rotatable bonds is 6. The number of Topliss-reactive ketones (excluding diaryl/α,β-unsaturated/α-hetero) is 1. The van der Waals surface area contributed by atoms with Crippen LogP contribution in [-0.4, -0.2) is 5.78 Å². The summed E-state index contributed by atoms with van der Waals surface area (Å²) in [4.78, 5) is 11.3. The molecule has 0 fully saturated rings. The van der Waals surface area contributed by atoms with Crippen molar-refractivity contribution in [1.82, 2.24) is 0 Å². The molecule has 1 aromatic carbocycles. The Balaban J connectivity index is 2.40. The zero-order chi connectivity index (χ0) is 11.1. The van der Waals surface area contributed by atoms with Crippen molar-refractivity contribution in [3.63, 3.8) is 0 Å². The zero-order valence-electron chi connectivity index (χ0n) is 9.75. The summed E-state index contributed by atoms with van der Waals surface area (Å²) in [5, 5.41) is 0. The minimum Gasteiger partial charge on any atom is -0.300 e. The summed E-state index contributed by atoms with van der Waals surface area (Å²) in [5.41, 5.74) is 2.63. The lowest BCUT2D eigenvalue weighted by atomic mass is 10.0. The third-order valence-electron chi connectivity index (χ3n) is 2.65. The summed E-state index contributed by atoms with van der Waals surface area (Å²) in [5.74, 6) is 0.386. The van der Waals surface area contributed by atoms with E-state index in [1.54, 1.807) is 0 Å². The van der Waals surface area contributed by atoms with Crippen LogP contribution >= 0.6 is 0 Å². The topological polar surface area (TPSA) is 17.1 Å². The molecule has 0 saturated carbocycles. The van der Waals surface area contributed by atoms with Gasteiger partial charge in [0.15, 0.2) is 0 Å². The van der Waals surface area contributed by atoms with E-state index < -0.39 is 0 Å². The van der Waals surface area contributed by atoms with Crippen LogP contribution < -0.4 is 0 Å². The predicted molar refractivity (Wildman–Crippen MR) is 64.1 cm³/mol. The first-order valence-electron chi connectivity index (χ1n) is 5.85. The first-order chi connectivity index (χ1) is 7.26. The van der Waals surface area contributed by atoms with E-state index in [1.165, 1.54) is 11.1 Å². The van der Waals surface area contributed by atoms with Crippen molar-refractivity contribution in [3.05, 3.63) is 35.4 Å². The molecule has 15 heavy (non-hydrogen) atoms. The fourth-order valence-corrected chi connectivity index (χ4v) is 1.63. The molecule has 0 aliphatic rings. The van der Waals surface area contributed by atoms with E-state index in [4.69, 9.17) is 0 Å². The number of aryl methyl sites for hydroxylation is 2. The molecule has 0 aromatic heterocycles. The number of hydrogen-bond acceptors (Lipinski definition) is 1. The summed E-state index contributed by atoms with van der Waals surface area (Å²) in [6, 6.07) is 8.58. The van der Waals surface area contributed by atoms with Gasteiger partial charge in [-0.3, -0.25) is 4.79 Å². The van der Waals surface area contributed by atoms with E-state index in [2.05, 4.69) is 31.2 Å². The summed E-state index contributed by atoms with van der Waals surface area (Å²) in [6.45, 7) is 4.20. The monoisotopic (exact) mass is 204 g/mol. The average Bonchev–Trinajstić information content (AvgIpc) is 2.27. The van der Waals surface area contributed by atoms with E-state index in [0.717, 1.165) is 25.7 Å². The number of benzene rings is 1. The van der Waals surface area contributed by atoms with Gasteiger partial charge < -0.3 is 0 Å². The molecule has 1 rings (SSSR count). The van der Waals surface area contributed by atoms with Crippen molar-refractivity contribution >= 4 is 5.78 Å². The molecule has 0 atom stereocenters. The van der Waals surface area contributed by atoms with Crippen molar-refractivity contribution in [2.75, 3.05) is 0 Å². The number of ketones is 1. The molecule has 0 aliphatic heterocycles. The second kappa shape index (κ2) is 6.39. The molecular weight excluding hydrogens is 184 g/mol. The SMILES string of the molecule is CCCC(=O)CCc1ccc(CC)cc1. The molecule has 1 heteroatoms. The lowest BCUT2D eigenvalue weighted by Gasteiger charge is -2.02.